The fraction of sp³-hybridized carbons (Fsp3) is 0.400. The van der Waals surface area contributed by atoms with Crippen LogP contribution in [0.4, 0.5) is 0 Å². The number of nitrogens with one attached hydrogen (secondary N) is 1. The molecule has 0 saturated carbocycles. The van der Waals surface area contributed by atoms with Crippen LogP contribution in [0.3, 0.4) is 0 Å². The van der Waals surface area contributed by atoms with Gasteiger partial charge >= 0.3 is 0 Å². The summed E-state index contributed by atoms with van der Waals surface area (Å²) in [6.45, 7) is 4.04. The Balaban J connectivity index is 2.87. The molecular weight excluding hydrogens is 272 g/mol. The van der Waals surface area contributed by atoms with Crippen molar-refractivity contribution in [2.75, 3.05) is 18.6 Å². The van der Waals surface area contributed by atoms with Gasteiger partial charge in [-0.25, -0.2) is 0 Å². The van der Waals surface area contributed by atoms with Gasteiger partial charge in [-0.15, -0.1) is 0 Å². The fourth-order valence-corrected chi connectivity index (χ4v) is 2.63. The minimum atomic E-state index is -0.933. The smallest absolute Gasteiger partial charge is 0.251 e. The molecule has 0 fully saturated rings. The molecule has 0 radical (unpaired) electrons. The van der Waals surface area contributed by atoms with Crippen LogP contribution in [-0.2, 0) is 10.8 Å². The Bertz CT molecular complexity index is 573. The van der Waals surface area contributed by atoms with E-state index in [-0.39, 0.29) is 18.5 Å². The first-order chi connectivity index (χ1) is 9.42. The van der Waals surface area contributed by atoms with E-state index in [0.717, 1.165) is 11.1 Å². The first-order valence-electron chi connectivity index (χ1n) is 6.34. The molecule has 1 rings (SSSR count). The highest BCUT2D eigenvalue weighted by molar-refractivity contribution is 7.84. The zero-order chi connectivity index (χ0) is 15.1. The van der Waals surface area contributed by atoms with E-state index in [1.165, 1.54) is 0 Å². The predicted molar refractivity (Wildman–Crippen MR) is 83.0 cm³/mol. The van der Waals surface area contributed by atoms with Gasteiger partial charge < -0.3 is 11.1 Å². The molecule has 2 atom stereocenters. The van der Waals surface area contributed by atoms with Crippen molar-refractivity contribution in [2.45, 2.75) is 19.9 Å². The Morgan fingerprint density at radius 2 is 2.15 bits per heavy atom. The van der Waals surface area contributed by atoms with E-state index in [2.05, 4.69) is 17.2 Å². The van der Waals surface area contributed by atoms with E-state index in [1.54, 1.807) is 18.4 Å². The molecule has 0 aliphatic carbocycles. The molecule has 0 heterocycles. The van der Waals surface area contributed by atoms with Gasteiger partial charge in [0, 0.05) is 40.0 Å². The molecule has 0 aliphatic heterocycles. The van der Waals surface area contributed by atoms with Gasteiger partial charge in [0.2, 0.25) is 0 Å². The highest BCUT2D eigenvalue weighted by Gasteiger charge is 2.11. The first kappa shape index (κ1) is 16.4. The molecule has 2 unspecified atom stereocenters. The van der Waals surface area contributed by atoms with Gasteiger partial charge in [0.1, 0.15) is 0 Å². The molecule has 5 heteroatoms. The SMILES string of the molecule is Cc1cc(C#CCN)cc(C(=O)NC(C)CS(C)=O)c1. The first-order valence-corrected chi connectivity index (χ1v) is 8.06. The van der Waals surface area contributed by atoms with Crippen molar-refractivity contribution in [3.05, 3.63) is 34.9 Å². The average Bonchev–Trinajstić information content (AvgIpc) is 2.34. The van der Waals surface area contributed by atoms with Gasteiger partial charge in [-0.3, -0.25) is 9.00 Å². The highest BCUT2D eigenvalue weighted by Crippen LogP contribution is 2.09. The quantitative estimate of drug-likeness (QED) is 0.806. The molecule has 1 aromatic rings. The maximum atomic E-state index is 12.1. The molecule has 20 heavy (non-hydrogen) atoms. The van der Waals surface area contributed by atoms with Crippen molar-refractivity contribution in [1.29, 1.82) is 0 Å². The van der Waals surface area contributed by atoms with Gasteiger partial charge in [0.25, 0.3) is 5.91 Å². The van der Waals surface area contributed by atoms with E-state index >= 15 is 0 Å². The van der Waals surface area contributed by atoms with Crippen molar-refractivity contribution in [3.8, 4) is 11.8 Å². The number of aryl methyl sites for hydroxylation is 1. The lowest BCUT2D eigenvalue weighted by Gasteiger charge is -2.13. The maximum absolute atomic E-state index is 12.1. The van der Waals surface area contributed by atoms with Crippen LogP contribution in [0.25, 0.3) is 0 Å². The van der Waals surface area contributed by atoms with Crippen LogP contribution < -0.4 is 11.1 Å². The Morgan fingerprint density at radius 3 is 2.75 bits per heavy atom. The third kappa shape index (κ3) is 5.55. The van der Waals surface area contributed by atoms with Crippen LogP contribution in [0.5, 0.6) is 0 Å². The normalized spacial score (nSPS) is 13.0. The third-order valence-electron chi connectivity index (χ3n) is 2.54. The Hall–Kier alpha value is -1.64. The zero-order valence-corrected chi connectivity index (χ0v) is 12.8. The largest absolute Gasteiger partial charge is 0.349 e. The average molecular weight is 292 g/mol. The van der Waals surface area contributed by atoms with Crippen molar-refractivity contribution < 1.29 is 9.00 Å². The Labute approximate surface area is 122 Å². The lowest BCUT2D eigenvalue weighted by molar-refractivity contribution is 0.0943. The molecule has 108 valence electrons. The number of nitrogens with two attached hydrogens (primary N) is 1. The van der Waals surface area contributed by atoms with E-state index in [0.29, 0.717) is 11.3 Å². The van der Waals surface area contributed by atoms with Crippen LogP contribution in [0.1, 0.15) is 28.4 Å². The number of carbonyl (C=O) groups is 1. The van der Waals surface area contributed by atoms with Crippen LogP contribution in [0.15, 0.2) is 18.2 Å². The monoisotopic (exact) mass is 292 g/mol. The summed E-state index contributed by atoms with van der Waals surface area (Å²) in [6, 6.07) is 5.32. The summed E-state index contributed by atoms with van der Waals surface area (Å²) in [5, 5.41) is 2.83. The molecule has 4 nitrogen and oxygen atoms in total. The van der Waals surface area contributed by atoms with Crippen LogP contribution in [-0.4, -0.2) is 34.7 Å². The molecule has 1 aromatic carbocycles. The molecule has 0 saturated heterocycles. The van der Waals surface area contributed by atoms with Gasteiger partial charge in [0.15, 0.2) is 0 Å². The van der Waals surface area contributed by atoms with Crippen molar-refractivity contribution in [1.82, 2.24) is 5.32 Å². The minimum Gasteiger partial charge on any atom is -0.349 e. The number of amides is 1. The number of carbonyl (C=O) groups excluding carboxylic acids is 1. The summed E-state index contributed by atoms with van der Waals surface area (Å²) in [4.78, 5) is 12.1. The van der Waals surface area contributed by atoms with Gasteiger partial charge in [-0.1, -0.05) is 11.8 Å². The van der Waals surface area contributed by atoms with E-state index < -0.39 is 10.8 Å². The van der Waals surface area contributed by atoms with Crippen LogP contribution in [0.2, 0.25) is 0 Å². The van der Waals surface area contributed by atoms with Crippen molar-refractivity contribution >= 4 is 16.7 Å². The third-order valence-corrected chi connectivity index (χ3v) is 3.51. The Morgan fingerprint density at radius 1 is 1.45 bits per heavy atom. The highest BCUT2D eigenvalue weighted by atomic mass is 32.2. The van der Waals surface area contributed by atoms with Gasteiger partial charge in [-0.05, 0) is 37.6 Å². The second-order valence-electron chi connectivity index (χ2n) is 4.71. The zero-order valence-electron chi connectivity index (χ0n) is 12.0. The molecule has 0 aromatic heterocycles. The second-order valence-corrected chi connectivity index (χ2v) is 6.19. The van der Waals surface area contributed by atoms with Crippen LogP contribution in [0, 0.1) is 18.8 Å². The summed E-state index contributed by atoms with van der Waals surface area (Å²) < 4.78 is 11.1. The molecule has 3 N–H and O–H groups in total. The standard InChI is InChI=1S/C15H20N2O2S/c1-11-7-13(5-4-6-16)9-14(8-11)15(18)17-12(2)10-20(3)19/h7-9,12H,6,10,16H2,1-3H3,(H,17,18). The summed E-state index contributed by atoms with van der Waals surface area (Å²) in [6.07, 6.45) is 1.62. The van der Waals surface area contributed by atoms with Gasteiger partial charge in [0.05, 0.1) is 6.54 Å². The second kappa shape index (κ2) is 7.83. The Kier molecular flexibility index (Phi) is 6.43. The predicted octanol–water partition coefficient (Wildman–Crippen LogP) is 0.802. The minimum absolute atomic E-state index is 0.132. The summed E-state index contributed by atoms with van der Waals surface area (Å²) in [7, 11) is -0.933. The number of benzene rings is 1. The van der Waals surface area contributed by atoms with E-state index in [9.17, 15) is 9.00 Å². The molecular formula is C15H20N2O2S. The molecule has 0 aliphatic rings. The number of hydrogen-bond donors (Lipinski definition) is 2. The van der Waals surface area contributed by atoms with Gasteiger partial charge in [-0.2, -0.15) is 0 Å². The lowest BCUT2D eigenvalue weighted by atomic mass is 10.1. The molecule has 0 spiro atoms. The van der Waals surface area contributed by atoms with Crippen molar-refractivity contribution in [3.63, 3.8) is 0 Å². The summed E-state index contributed by atoms with van der Waals surface area (Å²) in [5.41, 5.74) is 7.63. The molecule has 0 bridgehead atoms. The topological polar surface area (TPSA) is 72.2 Å². The summed E-state index contributed by atoms with van der Waals surface area (Å²) in [5.74, 6) is 5.96. The lowest BCUT2D eigenvalue weighted by Crippen LogP contribution is -2.36. The van der Waals surface area contributed by atoms with Crippen molar-refractivity contribution in [2.24, 2.45) is 5.73 Å². The van der Waals surface area contributed by atoms with Crippen LogP contribution >= 0.6 is 0 Å². The number of hydrogen-bond acceptors (Lipinski definition) is 3. The molecule has 1 amide bonds. The van der Waals surface area contributed by atoms with E-state index in [4.69, 9.17) is 5.73 Å². The summed E-state index contributed by atoms with van der Waals surface area (Å²) >= 11 is 0. The number of rotatable bonds is 4. The maximum Gasteiger partial charge on any atom is 0.251 e. The van der Waals surface area contributed by atoms with E-state index in [1.807, 2.05) is 19.9 Å². The fourth-order valence-electron chi connectivity index (χ4n) is 1.84.